The van der Waals surface area contributed by atoms with Gasteiger partial charge in [-0.05, 0) is 36.5 Å². The molecular weight excluding hydrogens is 230 g/mol. The third kappa shape index (κ3) is 3.45. The van der Waals surface area contributed by atoms with E-state index in [2.05, 4.69) is 68.4 Å². The second kappa shape index (κ2) is 6.20. The molecule has 0 fully saturated rings. The van der Waals surface area contributed by atoms with Crippen molar-refractivity contribution in [2.45, 2.75) is 32.6 Å². The Morgan fingerprint density at radius 1 is 1.05 bits per heavy atom. The third-order valence-corrected chi connectivity index (χ3v) is 3.47. The highest BCUT2D eigenvalue weighted by atomic mass is 14.3. The van der Waals surface area contributed by atoms with E-state index in [1.54, 1.807) is 0 Å². The highest BCUT2D eigenvalue weighted by molar-refractivity contribution is 5.32. The van der Waals surface area contributed by atoms with Crippen molar-refractivity contribution in [1.29, 1.82) is 5.26 Å². The fraction of sp³-hybridized carbons (Fsp3) is 0.278. The van der Waals surface area contributed by atoms with E-state index in [-0.39, 0.29) is 5.92 Å². The third-order valence-electron chi connectivity index (χ3n) is 3.47. The summed E-state index contributed by atoms with van der Waals surface area (Å²) in [6, 6.07) is 19.2. The van der Waals surface area contributed by atoms with Crippen LogP contribution in [-0.2, 0) is 12.8 Å². The van der Waals surface area contributed by atoms with Gasteiger partial charge in [0.15, 0.2) is 0 Å². The van der Waals surface area contributed by atoms with Crippen LogP contribution in [0.15, 0.2) is 48.5 Å². The number of nitrogens with zero attached hydrogens (tertiary/aromatic N) is 1. The molecule has 1 unspecified atom stereocenters. The first-order valence-corrected chi connectivity index (χ1v) is 6.77. The monoisotopic (exact) mass is 249 g/mol. The van der Waals surface area contributed by atoms with Gasteiger partial charge in [-0.3, -0.25) is 0 Å². The molecule has 0 aliphatic carbocycles. The lowest BCUT2D eigenvalue weighted by molar-refractivity contribution is 0.847. The van der Waals surface area contributed by atoms with Crippen LogP contribution in [0.4, 0.5) is 0 Å². The van der Waals surface area contributed by atoms with Gasteiger partial charge >= 0.3 is 0 Å². The summed E-state index contributed by atoms with van der Waals surface area (Å²) in [4.78, 5) is 0. The Hall–Kier alpha value is -2.07. The fourth-order valence-corrected chi connectivity index (χ4v) is 2.30. The van der Waals surface area contributed by atoms with Crippen molar-refractivity contribution in [3.8, 4) is 6.07 Å². The van der Waals surface area contributed by atoms with Crippen molar-refractivity contribution < 1.29 is 0 Å². The molecule has 1 heteroatoms. The maximum Gasteiger partial charge on any atom is 0.0753 e. The summed E-state index contributed by atoms with van der Waals surface area (Å²) in [6.45, 7) is 4.23. The first kappa shape index (κ1) is 13.4. The van der Waals surface area contributed by atoms with E-state index in [0.29, 0.717) is 0 Å². The largest absolute Gasteiger partial charge is 0.198 e. The normalized spacial score (nSPS) is 11.8. The van der Waals surface area contributed by atoms with Crippen molar-refractivity contribution in [2.75, 3.05) is 0 Å². The topological polar surface area (TPSA) is 23.8 Å². The van der Waals surface area contributed by atoms with Crippen LogP contribution in [0.1, 0.15) is 35.1 Å². The lowest BCUT2D eigenvalue weighted by Crippen LogP contribution is -2.01. The van der Waals surface area contributed by atoms with E-state index in [9.17, 15) is 5.26 Å². The van der Waals surface area contributed by atoms with E-state index in [1.807, 2.05) is 0 Å². The quantitative estimate of drug-likeness (QED) is 0.787. The molecule has 2 aromatic rings. The van der Waals surface area contributed by atoms with E-state index in [0.717, 1.165) is 18.4 Å². The molecule has 0 bridgehead atoms. The zero-order chi connectivity index (χ0) is 13.7. The Kier molecular flexibility index (Phi) is 4.36. The minimum atomic E-state index is -0.0623. The summed E-state index contributed by atoms with van der Waals surface area (Å²) in [7, 11) is 0. The van der Waals surface area contributed by atoms with Gasteiger partial charge in [0.1, 0.15) is 0 Å². The Morgan fingerprint density at radius 2 is 1.79 bits per heavy atom. The van der Waals surface area contributed by atoms with Crippen LogP contribution >= 0.6 is 0 Å². The predicted octanol–water partition coefficient (Wildman–Crippen LogP) is 4.41. The number of benzene rings is 2. The highest BCUT2D eigenvalue weighted by Crippen LogP contribution is 2.21. The summed E-state index contributed by atoms with van der Waals surface area (Å²) >= 11 is 0. The SMILES string of the molecule is CCc1ccc(C(C#N)Cc2cccc(C)c2)cc1. The molecule has 0 heterocycles. The van der Waals surface area contributed by atoms with Gasteiger partial charge in [0.25, 0.3) is 0 Å². The predicted molar refractivity (Wildman–Crippen MR) is 79.1 cm³/mol. The van der Waals surface area contributed by atoms with Crippen LogP contribution in [0.5, 0.6) is 0 Å². The van der Waals surface area contributed by atoms with Crippen molar-refractivity contribution in [1.82, 2.24) is 0 Å². The summed E-state index contributed by atoms with van der Waals surface area (Å²) in [5, 5.41) is 9.39. The molecule has 0 aliphatic rings. The molecule has 0 radical (unpaired) electrons. The maximum absolute atomic E-state index is 9.39. The summed E-state index contributed by atoms with van der Waals surface area (Å²) in [5.74, 6) is -0.0623. The van der Waals surface area contributed by atoms with Gasteiger partial charge in [-0.2, -0.15) is 5.26 Å². The molecular formula is C18H19N. The Morgan fingerprint density at radius 3 is 2.37 bits per heavy atom. The van der Waals surface area contributed by atoms with Gasteiger partial charge < -0.3 is 0 Å². The molecule has 0 aromatic heterocycles. The first-order valence-electron chi connectivity index (χ1n) is 6.77. The van der Waals surface area contributed by atoms with Crippen LogP contribution < -0.4 is 0 Å². The van der Waals surface area contributed by atoms with Crippen LogP contribution in [0.3, 0.4) is 0 Å². The summed E-state index contributed by atoms with van der Waals surface area (Å²) in [6.07, 6.45) is 1.82. The molecule has 1 atom stereocenters. The van der Waals surface area contributed by atoms with Crippen LogP contribution in [0, 0.1) is 18.3 Å². The number of rotatable bonds is 4. The molecule has 0 saturated heterocycles. The van der Waals surface area contributed by atoms with Crippen molar-refractivity contribution in [3.63, 3.8) is 0 Å². The minimum Gasteiger partial charge on any atom is -0.198 e. The number of hydrogen-bond donors (Lipinski definition) is 0. The van der Waals surface area contributed by atoms with Crippen LogP contribution in [-0.4, -0.2) is 0 Å². The molecule has 0 amide bonds. The molecule has 1 nitrogen and oxygen atoms in total. The van der Waals surface area contributed by atoms with E-state index in [4.69, 9.17) is 0 Å². The second-order valence-corrected chi connectivity index (χ2v) is 4.97. The number of aryl methyl sites for hydroxylation is 2. The lowest BCUT2D eigenvalue weighted by Gasteiger charge is -2.10. The van der Waals surface area contributed by atoms with Crippen LogP contribution in [0.2, 0.25) is 0 Å². The minimum absolute atomic E-state index is 0.0623. The molecule has 96 valence electrons. The Balaban J connectivity index is 2.18. The average Bonchev–Trinajstić information content (AvgIpc) is 2.45. The van der Waals surface area contributed by atoms with Gasteiger partial charge in [-0.1, -0.05) is 61.0 Å². The molecule has 2 rings (SSSR count). The van der Waals surface area contributed by atoms with Crippen LogP contribution in [0.25, 0.3) is 0 Å². The van der Waals surface area contributed by atoms with Gasteiger partial charge in [-0.15, -0.1) is 0 Å². The fourth-order valence-electron chi connectivity index (χ4n) is 2.30. The smallest absolute Gasteiger partial charge is 0.0753 e. The van der Waals surface area contributed by atoms with Gasteiger partial charge in [0.05, 0.1) is 12.0 Å². The zero-order valence-corrected chi connectivity index (χ0v) is 11.6. The molecule has 0 saturated carbocycles. The van der Waals surface area contributed by atoms with Gasteiger partial charge in [-0.25, -0.2) is 0 Å². The molecule has 0 N–H and O–H groups in total. The summed E-state index contributed by atoms with van der Waals surface area (Å²) < 4.78 is 0. The van der Waals surface area contributed by atoms with E-state index in [1.165, 1.54) is 16.7 Å². The highest BCUT2D eigenvalue weighted by Gasteiger charge is 2.11. The van der Waals surface area contributed by atoms with E-state index < -0.39 is 0 Å². The second-order valence-electron chi connectivity index (χ2n) is 4.97. The standard InChI is InChI=1S/C18H19N/c1-3-15-7-9-17(10-8-15)18(13-19)12-16-6-4-5-14(2)11-16/h4-11,18H,3,12H2,1-2H3. The number of nitriles is 1. The average molecular weight is 249 g/mol. The molecule has 2 aromatic carbocycles. The Labute approximate surface area is 115 Å². The maximum atomic E-state index is 9.39. The zero-order valence-electron chi connectivity index (χ0n) is 11.6. The van der Waals surface area contributed by atoms with Crippen molar-refractivity contribution >= 4 is 0 Å². The first-order chi connectivity index (χ1) is 9.22. The van der Waals surface area contributed by atoms with Crippen molar-refractivity contribution in [2.24, 2.45) is 0 Å². The van der Waals surface area contributed by atoms with Crippen molar-refractivity contribution in [3.05, 3.63) is 70.8 Å². The summed E-state index contributed by atoms with van der Waals surface area (Å²) in [5.41, 5.74) is 4.90. The van der Waals surface area contributed by atoms with E-state index >= 15 is 0 Å². The molecule has 19 heavy (non-hydrogen) atoms. The molecule has 0 aliphatic heterocycles. The van der Waals surface area contributed by atoms with Gasteiger partial charge in [0.2, 0.25) is 0 Å². The van der Waals surface area contributed by atoms with Gasteiger partial charge in [0, 0.05) is 0 Å². The lowest BCUT2D eigenvalue weighted by atomic mass is 9.92. The Bertz CT molecular complexity index is 575. The number of hydrogen-bond acceptors (Lipinski definition) is 1. The molecule has 0 spiro atoms.